The lowest BCUT2D eigenvalue weighted by Gasteiger charge is -2.00. The molecule has 0 saturated carbocycles. The summed E-state index contributed by atoms with van der Waals surface area (Å²) in [7, 11) is 1.65. The first-order chi connectivity index (χ1) is 8.78. The van der Waals surface area contributed by atoms with E-state index in [2.05, 4.69) is 21.1 Å². The van der Waals surface area contributed by atoms with Crippen LogP contribution in [0.3, 0.4) is 0 Å². The van der Waals surface area contributed by atoms with Crippen molar-refractivity contribution in [2.45, 2.75) is 0 Å². The number of hydrogen-bond donors (Lipinski definition) is 0. The molecule has 0 aliphatic heterocycles. The van der Waals surface area contributed by atoms with Gasteiger partial charge in [-0.2, -0.15) is 0 Å². The van der Waals surface area contributed by atoms with Crippen molar-refractivity contribution in [3.8, 4) is 17.0 Å². The summed E-state index contributed by atoms with van der Waals surface area (Å²) in [6.45, 7) is 0. The molecule has 0 spiro atoms. The number of aromatic nitrogens is 1. The van der Waals surface area contributed by atoms with Crippen LogP contribution in [0, 0.1) is 0 Å². The van der Waals surface area contributed by atoms with Gasteiger partial charge in [0, 0.05) is 15.4 Å². The van der Waals surface area contributed by atoms with Gasteiger partial charge in [-0.05, 0) is 42.5 Å². The van der Waals surface area contributed by atoms with Gasteiger partial charge in [0.05, 0.1) is 7.11 Å². The number of fused-ring (bicyclic) bond motifs is 1. The average molecular weight is 304 g/mol. The molecule has 1 heterocycles. The highest BCUT2D eigenvalue weighted by Gasteiger charge is 2.10. The van der Waals surface area contributed by atoms with Crippen LogP contribution < -0.4 is 4.74 Å². The summed E-state index contributed by atoms with van der Waals surface area (Å²) in [5, 5.41) is 5.13. The van der Waals surface area contributed by atoms with Crippen molar-refractivity contribution in [3.05, 3.63) is 46.9 Å². The smallest absolute Gasteiger partial charge is 0.168 e. The van der Waals surface area contributed by atoms with Gasteiger partial charge >= 0.3 is 0 Å². The molecule has 3 aromatic rings. The van der Waals surface area contributed by atoms with Gasteiger partial charge in [-0.25, -0.2) is 0 Å². The Morgan fingerprint density at radius 2 is 1.89 bits per heavy atom. The van der Waals surface area contributed by atoms with Crippen LogP contribution in [0.2, 0.25) is 0 Å². The van der Waals surface area contributed by atoms with Crippen LogP contribution in [-0.4, -0.2) is 12.3 Å². The predicted octanol–water partition coefficient (Wildman–Crippen LogP) is 4.27. The molecule has 3 rings (SSSR count). The lowest BCUT2D eigenvalue weighted by molar-refractivity contribution is 0.415. The van der Waals surface area contributed by atoms with E-state index in [-0.39, 0.29) is 0 Å². The molecule has 2 aromatic carbocycles. The molecule has 0 fully saturated rings. The Bertz CT molecular complexity index is 689. The topological polar surface area (TPSA) is 35.3 Å². The minimum Gasteiger partial charge on any atom is -0.497 e. The second-order valence-electron chi connectivity index (χ2n) is 3.90. The Hall–Kier alpha value is -1.81. The molecule has 0 atom stereocenters. The lowest BCUT2D eigenvalue weighted by atomic mass is 10.1. The summed E-state index contributed by atoms with van der Waals surface area (Å²) < 4.78 is 11.4. The van der Waals surface area contributed by atoms with Crippen LogP contribution in [-0.2, 0) is 0 Å². The molecular weight excluding hydrogens is 294 g/mol. The van der Waals surface area contributed by atoms with Crippen molar-refractivity contribution in [1.82, 2.24) is 5.16 Å². The van der Waals surface area contributed by atoms with Crippen molar-refractivity contribution < 1.29 is 9.26 Å². The Kier molecular flexibility index (Phi) is 2.80. The SMILES string of the molecule is COc1ccc(-c2noc3cc(Br)ccc23)cc1. The van der Waals surface area contributed by atoms with Crippen LogP contribution in [0.1, 0.15) is 0 Å². The third kappa shape index (κ3) is 1.88. The fourth-order valence-corrected chi connectivity index (χ4v) is 2.21. The maximum absolute atomic E-state index is 5.33. The zero-order chi connectivity index (χ0) is 12.5. The number of benzene rings is 2. The standard InChI is InChI=1S/C14H10BrNO2/c1-17-11-5-2-9(3-6-11)14-12-7-4-10(15)8-13(12)18-16-14/h2-8H,1H3. The van der Waals surface area contributed by atoms with Crippen molar-refractivity contribution in [2.24, 2.45) is 0 Å². The summed E-state index contributed by atoms with van der Waals surface area (Å²) in [6, 6.07) is 13.6. The molecule has 0 bridgehead atoms. The van der Waals surface area contributed by atoms with Gasteiger partial charge in [0.2, 0.25) is 0 Å². The maximum Gasteiger partial charge on any atom is 0.168 e. The normalized spacial score (nSPS) is 10.8. The van der Waals surface area contributed by atoms with Crippen LogP contribution in [0.15, 0.2) is 51.5 Å². The first-order valence-corrected chi connectivity index (χ1v) is 6.26. The molecule has 4 heteroatoms. The van der Waals surface area contributed by atoms with E-state index in [0.29, 0.717) is 0 Å². The van der Waals surface area contributed by atoms with Gasteiger partial charge in [-0.3, -0.25) is 0 Å². The predicted molar refractivity (Wildman–Crippen MR) is 73.7 cm³/mol. The largest absolute Gasteiger partial charge is 0.497 e. The number of halogens is 1. The molecule has 0 amide bonds. The van der Waals surface area contributed by atoms with Crippen LogP contribution in [0.5, 0.6) is 5.75 Å². The van der Waals surface area contributed by atoms with Gasteiger partial charge in [0.1, 0.15) is 11.4 Å². The van der Waals surface area contributed by atoms with Crippen molar-refractivity contribution in [3.63, 3.8) is 0 Å². The minimum absolute atomic E-state index is 0.773. The van der Waals surface area contributed by atoms with E-state index in [0.717, 1.165) is 32.4 Å². The summed E-state index contributed by atoms with van der Waals surface area (Å²) >= 11 is 3.41. The number of nitrogens with zero attached hydrogens (tertiary/aromatic N) is 1. The molecular formula is C14H10BrNO2. The van der Waals surface area contributed by atoms with Crippen LogP contribution in [0.25, 0.3) is 22.2 Å². The first-order valence-electron chi connectivity index (χ1n) is 5.47. The third-order valence-corrected chi connectivity index (χ3v) is 3.29. The van der Waals surface area contributed by atoms with Crippen LogP contribution in [0.4, 0.5) is 0 Å². The maximum atomic E-state index is 5.33. The average Bonchev–Trinajstić information content (AvgIpc) is 2.81. The first kappa shape index (κ1) is 11.3. The van der Waals surface area contributed by atoms with E-state index in [1.807, 2.05) is 42.5 Å². The molecule has 0 unspecified atom stereocenters. The Morgan fingerprint density at radius 1 is 1.11 bits per heavy atom. The molecule has 1 aromatic heterocycles. The fourth-order valence-electron chi connectivity index (χ4n) is 1.87. The third-order valence-electron chi connectivity index (χ3n) is 2.80. The van der Waals surface area contributed by atoms with Gasteiger partial charge in [0.25, 0.3) is 0 Å². The summed E-state index contributed by atoms with van der Waals surface area (Å²) in [4.78, 5) is 0. The van der Waals surface area contributed by atoms with Crippen molar-refractivity contribution >= 4 is 26.9 Å². The summed E-state index contributed by atoms with van der Waals surface area (Å²) in [5.74, 6) is 0.828. The highest BCUT2D eigenvalue weighted by atomic mass is 79.9. The molecule has 18 heavy (non-hydrogen) atoms. The van der Waals surface area contributed by atoms with Gasteiger partial charge < -0.3 is 9.26 Å². The zero-order valence-electron chi connectivity index (χ0n) is 9.68. The van der Waals surface area contributed by atoms with E-state index >= 15 is 0 Å². The Balaban J connectivity index is 2.13. The highest BCUT2D eigenvalue weighted by molar-refractivity contribution is 9.10. The van der Waals surface area contributed by atoms with Crippen molar-refractivity contribution in [1.29, 1.82) is 0 Å². The van der Waals surface area contributed by atoms with Gasteiger partial charge in [-0.15, -0.1) is 0 Å². The second-order valence-corrected chi connectivity index (χ2v) is 4.82. The number of hydrogen-bond acceptors (Lipinski definition) is 3. The molecule has 0 N–H and O–H groups in total. The number of ether oxygens (including phenoxy) is 1. The van der Waals surface area contributed by atoms with E-state index in [1.165, 1.54) is 0 Å². The fraction of sp³-hybridized carbons (Fsp3) is 0.0714. The summed E-state index contributed by atoms with van der Waals surface area (Å²) in [6.07, 6.45) is 0. The number of methoxy groups -OCH3 is 1. The Morgan fingerprint density at radius 3 is 2.61 bits per heavy atom. The molecule has 0 saturated heterocycles. The molecule has 0 radical (unpaired) electrons. The lowest BCUT2D eigenvalue weighted by Crippen LogP contribution is -1.83. The van der Waals surface area contributed by atoms with E-state index in [4.69, 9.17) is 9.26 Å². The van der Waals surface area contributed by atoms with Gasteiger partial charge in [0.15, 0.2) is 5.58 Å². The molecule has 3 nitrogen and oxygen atoms in total. The van der Waals surface area contributed by atoms with E-state index in [1.54, 1.807) is 7.11 Å². The van der Waals surface area contributed by atoms with Crippen molar-refractivity contribution in [2.75, 3.05) is 7.11 Å². The second kappa shape index (κ2) is 4.46. The molecule has 90 valence electrons. The van der Waals surface area contributed by atoms with Crippen LogP contribution >= 0.6 is 15.9 Å². The zero-order valence-corrected chi connectivity index (χ0v) is 11.3. The van der Waals surface area contributed by atoms with E-state index < -0.39 is 0 Å². The minimum atomic E-state index is 0.773. The summed E-state index contributed by atoms with van der Waals surface area (Å²) in [5.41, 5.74) is 2.63. The monoisotopic (exact) mass is 303 g/mol. The van der Waals surface area contributed by atoms with E-state index in [9.17, 15) is 0 Å². The quantitative estimate of drug-likeness (QED) is 0.709. The highest BCUT2D eigenvalue weighted by Crippen LogP contribution is 2.30. The number of rotatable bonds is 2. The van der Waals surface area contributed by atoms with Gasteiger partial charge in [-0.1, -0.05) is 21.1 Å². The molecule has 0 aliphatic carbocycles. The Labute approximate surface area is 112 Å². The molecule has 0 aliphatic rings.